The molecular formula is C16H20BrCl2N3O2. The molecule has 0 aliphatic carbocycles. The number of nitrogens with one attached hydrogen (secondary N) is 1. The van der Waals surface area contributed by atoms with Crippen LogP contribution in [-0.4, -0.2) is 43.0 Å². The van der Waals surface area contributed by atoms with Crippen molar-refractivity contribution >= 4 is 46.7 Å². The molecule has 2 aromatic rings. The number of aromatic nitrogens is 1. The van der Waals surface area contributed by atoms with Crippen LogP contribution in [0.4, 0.5) is 0 Å². The van der Waals surface area contributed by atoms with Gasteiger partial charge in [0.2, 0.25) is 5.88 Å². The molecule has 0 radical (unpaired) electrons. The second kappa shape index (κ2) is 11.3. The third-order valence-electron chi connectivity index (χ3n) is 3.06. The highest BCUT2D eigenvalue weighted by Crippen LogP contribution is 2.21. The molecule has 132 valence electrons. The summed E-state index contributed by atoms with van der Waals surface area (Å²) in [7, 11) is 3.63. The van der Waals surface area contributed by atoms with E-state index in [-0.39, 0.29) is 30.7 Å². The van der Waals surface area contributed by atoms with Gasteiger partial charge in [0, 0.05) is 36.9 Å². The Bertz CT molecular complexity index is 624. The maximum atomic E-state index is 12.2. The lowest BCUT2D eigenvalue weighted by atomic mass is 10.2. The van der Waals surface area contributed by atoms with Crippen LogP contribution in [0.25, 0.3) is 0 Å². The van der Waals surface area contributed by atoms with Gasteiger partial charge in [-0.3, -0.25) is 4.79 Å². The molecule has 1 amide bonds. The molecular weight excluding hydrogens is 417 g/mol. The molecule has 0 bridgehead atoms. The zero-order valence-corrected chi connectivity index (χ0v) is 16.6. The minimum absolute atomic E-state index is 0. The predicted molar refractivity (Wildman–Crippen MR) is 104 cm³/mol. The summed E-state index contributed by atoms with van der Waals surface area (Å²) in [5, 5.41) is 3.01. The van der Waals surface area contributed by atoms with E-state index in [1.165, 1.54) is 6.20 Å². The highest BCUT2D eigenvalue weighted by molar-refractivity contribution is 9.10. The molecule has 1 N–H and O–H groups in total. The van der Waals surface area contributed by atoms with E-state index in [0.29, 0.717) is 23.7 Å². The van der Waals surface area contributed by atoms with Crippen molar-refractivity contribution in [3.05, 3.63) is 52.6 Å². The molecule has 1 heterocycles. The molecule has 0 saturated heterocycles. The van der Waals surface area contributed by atoms with Gasteiger partial charge in [0.05, 0.1) is 5.56 Å². The number of likely N-dealkylation sites (N-methyl/N-ethyl adjacent to an activating group) is 2. The largest absolute Gasteiger partial charge is 0.439 e. The maximum absolute atomic E-state index is 12.2. The van der Waals surface area contributed by atoms with E-state index in [2.05, 4.69) is 26.2 Å². The third-order valence-corrected chi connectivity index (χ3v) is 3.59. The summed E-state index contributed by atoms with van der Waals surface area (Å²) in [5.41, 5.74) is 0.543. The number of halogens is 3. The molecule has 0 aliphatic rings. The van der Waals surface area contributed by atoms with E-state index in [1.54, 1.807) is 24.1 Å². The van der Waals surface area contributed by atoms with E-state index in [1.807, 2.05) is 31.3 Å². The Morgan fingerprint density at radius 1 is 1.21 bits per heavy atom. The van der Waals surface area contributed by atoms with Crippen LogP contribution in [0.5, 0.6) is 11.6 Å². The fourth-order valence-corrected chi connectivity index (χ4v) is 2.06. The number of carbonyl (C=O) groups is 1. The summed E-state index contributed by atoms with van der Waals surface area (Å²) in [5.74, 6) is 1.09. The highest BCUT2D eigenvalue weighted by atomic mass is 79.9. The van der Waals surface area contributed by atoms with Crippen molar-refractivity contribution in [2.75, 3.05) is 27.2 Å². The predicted octanol–water partition coefficient (Wildman–Crippen LogP) is 3.77. The number of hydrogen-bond donors (Lipinski definition) is 1. The lowest BCUT2D eigenvalue weighted by molar-refractivity contribution is 0.0796. The number of carbonyl (C=O) groups excluding carboxylic acids is 1. The van der Waals surface area contributed by atoms with Crippen molar-refractivity contribution in [2.24, 2.45) is 0 Å². The first-order valence-electron chi connectivity index (χ1n) is 6.89. The number of pyridine rings is 1. The summed E-state index contributed by atoms with van der Waals surface area (Å²) >= 11 is 3.37. The number of amides is 1. The second-order valence-corrected chi connectivity index (χ2v) is 5.69. The SMILES string of the molecule is CNCCN(C)C(=O)c1ccc(Oc2ccc(Br)cc2)nc1.Cl.Cl. The average molecular weight is 437 g/mol. The standard InChI is InChI=1S/C16H18BrN3O2.2ClH/c1-18-9-10-20(2)16(21)12-3-8-15(19-11-12)22-14-6-4-13(17)5-7-14;;/h3-8,11,18H,9-10H2,1-2H3;2*1H. The minimum Gasteiger partial charge on any atom is -0.439 e. The molecule has 0 saturated carbocycles. The van der Waals surface area contributed by atoms with Crippen LogP contribution in [0.15, 0.2) is 47.1 Å². The summed E-state index contributed by atoms with van der Waals surface area (Å²) in [6.07, 6.45) is 1.53. The van der Waals surface area contributed by atoms with Crippen molar-refractivity contribution in [3.8, 4) is 11.6 Å². The molecule has 0 spiro atoms. The van der Waals surface area contributed by atoms with Gasteiger partial charge >= 0.3 is 0 Å². The smallest absolute Gasteiger partial charge is 0.255 e. The van der Waals surface area contributed by atoms with Gasteiger partial charge in [-0.15, -0.1) is 24.8 Å². The molecule has 1 aromatic heterocycles. The second-order valence-electron chi connectivity index (χ2n) is 4.77. The summed E-state index contributed by atoms with van der Waals surface area (Å²) in [6.45, 7) is 1.40. The number of nitrogens with zero attached hydrogens (tertiary/aromatic N) is 2. The fraction of sp³-hybridized carbons (Fsp3) is 0.250. The van der Waals surface area contributed by atoms with E-state index < -0.39 is 0 Å². The van der Waals surface area contributed by atoms with Crippen LogP contribution in [0.1, 0.15) is 10.4 Å². The van der Waals surface area contributed by atoms with Crippen molar-refractivity contribution in [1.29, 1.82) is 0 Å². The monoisotopic (exact) mass is 435 g/mol. The van der Waals surface area contributed by atoms with Crippen LogP contribution in [0, 0.1) is 0 Å². The van der Waals surface area contributed by atoms with E-state index >= 15 is 0 Å². The third kappa shape index (κ3) is 6.65. The zero-order valence-electron chi connectivity index (χ0n) is 13.4. The minimum atomic E-state index is -0.0575. The normalized spacial score (nSPS) is 9.46. The Kier molecular flexibility index (Phi) is 10.6. The lowest BCUT2D eigenvalue weighted by Gasteiger charge is -2.16. The van der Waals surface area contributed by atoms with Gasteiger partial charge in [0.1, 0.15) is 5.75 Å². The molecule has 2 rings (SSSR count). The van der Waals surface area contributed by atoms with Gasteiger partial charge in [-0.05, 0) is 37.4 Å². The van der Waals surface area contributed by atoms with E-state index in [0.717, 1.165) is 11.0 Å². The first kappa shape index (κ1) is 22.7. The fourth-order valence-electron chi connectivity index (χ4n) is 1.79. The first-order chi connectivity index (χ1) is 10.6. The van der Waals surface area contributed by atoms with Crippen LogP contribution >= 0.6 is 40.7 Å². The zero-order chi connectivity index (χ0) is 15.9. The molecule has 0 atom stereocenters. The number of rotatable bonds is 6. The van der Waals surface area contributed by atoms with Gasteiger partial charge < -0.3 is 15.0 Å². The van der Waals surface area contributed by atoms with E-state index in [4.69, 9.17) is 4.74 Å². The van der Waals surface area contributed by atoms with Crippen LogP contribution in [0.2, 0.25) is 0 Å². The van der Waals surface area contributed by atoms with Gasteiger partial charge in [-0.2, -0.15) is 0 Å². The molecule has 1 aromatic carbocycles. The summed E-state index contributed by atoms with van der Waals surface area (Å²) in [4.78, 5) is 18.0. The number of benzene rings is 1. The summed E-state index contributed by atoms with van der Waals surface area (Å²) < 4.78 is 6.61. The van der Waals surface area contributed by atoms with Crippen molar-refractivity contribution in [3.63, 3.8) is 0 Å². The van der Waals surface area contributed by atoms with Crippen molar-refractivity contribution < 1.29 is 9.53 Å². The Balaban J connectivity index is 0.00000264. The Labute approximate surface area is 162 Å². The molecule has 24 heavy (non-hydrogen) atoms. The summed E-state index contributed by atoms with van der Waals surface area (Å²) in [6, 6.07) is 10.9. The molecule has 0 fully saturated rings. The molecule has 0 unspecified atom stereocenters. The van der Waals surface area contributed by atoms with Gasteiger partial charge in [-0.1, -0.05) is 15.9 Å². The first-order valence-corrected chi connectivity index (χ1v) is 7.69. The van der Waals surface area contributed by atoms with Crippen molar-refractivity contribution in [1.82, 2.24) is 15.2 Å². The Hall–Kier alpha value is -1.34. The quantitative estimate of drug-likeness (QED) is 0.748. The molecule has 5 nitrogen and oxygen atoms in total. The van der Waals surface area contributed by atoms with E-state index in [9.17, 15) is 4.79 Å². The average Bonchev–Trinajstić information content (AvgIpc) is 2.55. The Morgan fingerprint density at radius 2 is 1.88 bits per heavy atom. The molecule has 0 aliphatic heterocycles. The van der Waals surface area contributed by atoms with Crippen LogP contribution in [0.3, 0.4) is 0 Å². The maximum Gasteiger partial charge on any atom is 0.255 e. The Morgan fingerprint density at radius 3 is 2.42 bits per heavy atom. The lowest BCUT2D eigenvalue weighted by Crippen LogP contribution is -2.32. The number of hydrogen-bond acceptors (Lipinski definition) is 4. The molecule has 8 heteroatoms. The number of ether oxygens (including phenoxy) is 1. The topological polar surface area (TPSA) is 54.5 Å². The van der Waals surface area contributed by atoms with Gasteiger partial charge in [0.25, 0.3) is 5.91 Å². The van der Waals surface area contributed by atoms with Gasteiger partial charge in [-0.25, -0.2) is 4.98 Å². The van der Waals surface area contributed by atoms with Crippen LogP contribution in [-0.2, 0) is 0 Å². The highest BCUT2D eigenvalue weighted by Gasteiger charge is 2.11. The van der Waals surface area contributed by atoms with Crippen LogP contribution < -0.4 is 10.1 Å². The van der Waals surface area contributed by atoms with Crippen molar-refractivity contribution in [2.45, 2.75) is 0 Å². The van der Waals surface area contributed by atoms with Gasteiger partial charge in [0.15, 0.2) is 0 Å².